The Morgan fingerprint density at radius 3 is 2.61 bits per heavy atom. The van der Waals surface area contributed by atoms with Crippen LogP contribution in [0, 0.1) is 0 Å². The number of halogens is 3. The molecule has 0 fully saturated rings. The summed E-state index contributed by atoms with van der Waals surface area (Å²) in [6.45, 7) is 3.09. The minimum Gasteiger partial charge on any atom is -0.306 e. The predicted molar refractivity (Wildman–Crippen MR) is 86.5 cm³/mol. The molecule has 0 aliphatic heterocycles. The van der Waals surface area contributed by atoms with Gasteiger partial charge < -0.3 is 5.32 Å². The molecule has 0 amide bonds. The third kappa shape index (κ3) is 3.30. The Hall–Kier alpha value is 0.420. The second-order valence-electron chi connectivity index (χ2n) is 3.84. The third-order valence-electron chi connectivity index (χ3n) is 2.55. The van der Waals surface area contributed by atoms with Crippen LogP contribution in [0.3, 0.4) is 0 Å². The second-order valence-corrected chi connectivity index (χ2v) is 7.73. The molecular formula is C12H12BrCl2NS2. The highest BCUT2D eigenvalue weighted by atomic mass is 79.9. The maximum atomic E-state index is 6.27. The molecule has 2 rings (SSSR count). The molecular weight excluding hydrogens is 373 g/mol. The maximum Gasteiger partial charge on any atom is 0.0995 e. The van der Waals surface area contributed by atoms with E-state index in [4.69, 9.17) is 23.2 Å². The van der Waals surface area contributed by atoms with Crippen LogP contribution < -0.4 is 5.32 Å². The van der Waals surface area contributed by atoms with Gasteiger partial charge in [-0.1, -0.05) is 30.1 Å². The van der Waals surface area contributed by atoms with Crippen molar-refractivity contribution in [2.45, 2.75) is 19.4 Å². The Morgan fingerprint density at radius 1 is 1.33 bits per heavy atom. The fourth-order valence-electron chi connectivity index (χ4n) is 1.72. The van der Waals surface area contributed by atoms with E-state index in [1.807, 2.05) is 6.07 Å². The molecule has 98 valence electrons. The SMILES string of the molecule is CCCNC(c1cscc1Br)c1cc(Cl)sc1Cl. The Kier molecular flexibility index (Phi) is 5.54. The molecule has 0 saturated carbocycles. The molecule has 1 N–H and O–H groups in total. The normalized spacial score (nSPS) is 12.9. The fourth-order valence-corrected chi connectivity index (χ4v) is 4.81. The zero-order valence-electron chi connectivity index (χ0n) is 9.67. The summed E-state index contributed by atoms with van der Waals surface area (Å²) in [5.41, 5.74) is 2.27. The Bertz CT molecular complexity index is 524. The van der Waals surface area contributed by atoms with Gasteiger partial charge in [0.25, 0.3) is 0 Å². The lowest BCUT2D eigenvalue weighted by atomic mass is 10.0. The van der Waals surface area contributed by atoms with Gasteiger partial charge >= 0.3 is 0 Å². The van der Waals surface area contributed by atoms with Crippen molar-refractivity contribution in [3.8, 4) is 0 Å². The van der Waals surface area contributed by atoms with Crippen LogP contribution in [-0.2, 0) is 0 Å². The summed E-state index contributed by atoms with van der Waals surface area (Å²) in [6, 6.07) is 2.05. The summed E-state index contributed by atoms with van der Waals surface area (Å²) in [5.74, 6) is 0. The molecule has 2 heterocycles. The van der Waals surface area contributed by atoms with E-state index in [9.17, 15) is 0 Å². The fraction of sp³-hybridized carbons (Fsp3) is 0.333. The van der Waals surface area contributed by atoms with Gasteiger partial charge in [-0.15, -0.1) is 11.3 Å². The van der Waals surface area contributed by atoms with Crippen molar-refractivity contribution in [3.63, 3.8) is 0 Å². The van der Waals surface area contributed by atoms with Crippen LogP contribution in [0.15, 0.2) is 21.3 Å². The van der Waals surface area contributed by atoms with Gasteiger partial charge in [-0.25, -0.2) is 0 Å². The third-order valence-corrected chi connectivity index (χ3v) is 5.82. The van der Waals surface area contributed by atoms with Crippen LogP contribution in [-0.4, -0.2) is 6.54 Å². The van der Waals surface area contributed by atoms with Gasteiger partial charge in [0.1, 0.15) is 0 Å². The standard InChI is InChI=1S/C12H12BrCl2NS2/c1-2-3-16-11(8-5-17-6-9(8)13)7-4-10(14)18-12(7)15/h4-6,11,16H,2-3H2,1H3. The molecule has 18 heavy (non-hydrogen) atoms. The van der Waals surface area contributed by atoms with Crippen LogP contribution in [0.5, 0.6) is 0 Å². The van der Waals surface area contributed by atoms with Crippen molar-refractivity contribution < 1.29 is 0 Å². The van der Waals surface area contributed by atoms with E-state index in [0.29, 0.717) is 0 Å². The summed E-state index contributed by atoms with van der Waals surface area (Å²) in [5, 5.41) is 7.74. The average molecular weight is 385 g/mol. The van der Waals surface area contributed by atoms with Gasteiger partial charge in [0.2, 0.25) is 0 Å². The van der Waals surface area contributed by atoms with Crippen LogP contribution >= 0.6 is 61.8 Å². The zero-order valence-corrected chi connectivity index (χ0v) is 14.4. The van der Waals surface area contributed by atoms with Crippen LogP contribution in [0.25, 0.3) is 0 Å². The van der Waals surface area contributed by atoms with Gasteiger partial charge in [0.15, 0.2) is 0 Å². The van der Waals surface area contributed by atoms with E-state index in [2.05, 4.69) is 38.9 Å². The molecule has 0 radical (unpaired) electrons. The minimum absolute atomic E-state index is 0.0989. The average Bonchev–Trinajstić information content (AvgIpc) is 2.87. The van der Waals surface area contributed by atoms with Crippen LogP contribution in [0.4, 0.5) is 0 Å². The van der Waals surface area contributed by atoms with Crippen molar-refractivity contribution >= 4 is 61.8 Å². The Labute approximate surface area is 133 Å². The lowest BCUT2D eigenvalue weighted by Gasteiger charge is -2.18. The van der Waals surface area contributed by atoms with Crippen molar-refractivity contribution in [2.75, 3.05) is 6.54 Å². The summed E-state index contributed by atoms with van der Waals surface area (Å²) >= 11 is 19.0. The molecule has 0 bridgehead atoms. The van der Waals surface area contributed by atoms with Crippen molar-refractivity contribution in [1.82, 2.24) is 5.32 Å². The van der Waals surface area contributed by atoms with Crippen molar-refractivity contribution in [2.24, 2.45) is 0 Å². The van der Waals surface area contributed by atoms with E-state index in [-0.39, 0.29) is 6.04 Å². The van der Waals surface area contributed by atoms with Gasteiger partial charge in [-0.2, -0.15) is 11.3 Å². The monoisotopic (exact) mass is 383 g/mol. The van der Waals surface area contributed by atoms with E-state index < -0.39 is 0 Å². The van der Waals surface area contributed by atoms with E-state index in [1.54, 1.807) is 11.3 Å². The summed E-state index contributed by atoms with van der Waals surface area (Å²) in [6.07, 6.45) is 1.08. The van der Waals surface area contributed by atoms with Crippen LogP contribution in [0.2, 0.25) is 8.67 Å². The predicted octanol–water partition coefficient (Wildman–Crippen LogP) is 5.97. The quantitative estimate of drug-likeness (QED) is 0.669. The molecule has 1 unspecified atom stereocenters. The molecule has 1 nitrogen and oxygen atoms in total. The first-order valence-corrected chi connectivity index (χ1v) is 8.84. The molecule has 6 heteroatoms. The molecule has 2 aromatic rings. The first kappa shape index (κ1) is 14.8. The largest absolute Gasteiger partial charge is 0.306 e. The smallest absolute Gasteiger partial charge is 0.0995 e. The molecule has 2 aromatic heterocycles. The number of rotatable bonds is 5. The molecule has 0 aliphatic carbocycles. The Morgan fingerprint density at radius 2 is 2.11 bits per heavy atom. The topological polar surface area (TPSA) is 12.0 Å². The number of hydrogen-bond acceptors (Lipinski definition) is 3. The van der Waals surface area contributed by atoms with Gasteiger partial charge in [-0.3, -0.25) is 0 Å². The molecule has 0 spiro atoms. The zero-order chi connectivity index (χ0) is 13.1. The lowest BCUT2D eigenvalue weighted by molar-refractivity contribution is 0.600. The molecule has 0 saturated heterocycles. The molecule has 0 aliphatic rings. The van der Waals surface area contributed by atoms with E-state index in [1.165, 1.54) is 16.9 Å². The van der Waals surface area contributed by atoms with Gasteiger partial charge in [0, 0.05) is 15.4 Å². The van der Waals surface area contributed by atoms with Gasteiger partial charge in [0.05, 0.1) is 14.7 Å². The van der Waals surface area contributed by atoms with E-state index >= 15 is 0 Å². The highest BCUT2D eigenvalue weighted by molar-refractivity contribution is 9.10. The van der Waals surface area contributed by atoms with E-state index in [0.717, 1.165) is 31.7 Å². The molecule has 0 aromatic carbocycles. The maximum absolute atomic E-state index is 6.27. The first-order chi connectivity index (χ1) is 8.63. The summed E-state index contributed by atoms with van der Waals surface area (Å²) < 4.78 is 2.59. The van der Waals surface area contributed by atoms with Gasteiger partial charge in [-0.05, 0) is 45.9 Å². The lowest BCUT2D eigenvalue weighted by Crippen LogP contribution is -2.22. The number of thiophene rings is 2. The second kappa shape index (κ2) is 6.73. The van der Waals surface area contributed by atoms with Crippen LogP contribution in [0.1, 0.15) is 30.5 Å². The minimum atomic E-state index is 0.0989. The highest BCUT2D eigenvalue weighted by Gasteiger charge is 2.21. The number of nitrogens with one attached hydrogen (secondary N) is 1. The first-order valence-electron chi connectivity index (χ1n) is 5.53. The highest BCUT2D eigenvalue weighted by Crippen LogP contribution is 2.40. The summed E-state index contributed by atoms with van der Waals surface area (Å²) in [7, 11) is 0. The Balaban J connectivity index is 2.37. The summed E-state index contributed by atoms with van der Waals surface area (Å²) in [4.78, 5) is 0. The van der Waals surface area contributed by atoms with Crippen molar-refractivity contribution in [3.05, 3.63) is 41.1 Å². The van der Waals surface area contributed by atoms with Crippen molar-refractivity contribution in [1.29, 1.82) is 0 Å². The number of hydrogen-bond donors (Lipinski definition) is 1. The molecule has 1 atom stereocenters.